The first-order chi connectivity index (χ1) is 10.8. The van der Waals surface area contributed by atoms with Gasteiger partial charge in [-0.1, -0.05) is 55.1 Å². The molecular weight excluding hydrogens is 299 g/mol. The fourth-order valence-electron chi connectivity index (χ4n) is 2.28. The standard InChI is InChI=1S/C19H18F3N/c1-13(2)17-9-4-5-10-18(17)14(3)23-12-15-7-6-8-16(11-15)19(20,21)22/h4-11,23H,1,3,12H2,2H3. The number of benzene rings is 2. The lowest BCUT2D eigenvalue weighted by molar-refractivity contribution is -0.137. The van der Waals surface area contributed by atoms with Crippen molar-refractivity contribution >= 4 is 11.3 Å². The molecule has 0 aliphatic heterocycles. The molecule has 0 aliphatic carbocycles. The number of nitrogens with one attached hydrogen (secondary N) is 1. The van der Waals surface area contributed by atoms with Crippen LogP contribution >= 0.6 is 0 Å². The van der Waals surface area contributed by atoms with E-state index in [2.05, 4.69) is 18.5 Å². The van der Waals surface area contributed by atoms with Gasteiger partial charge in [0.1, 0.15) is 0 Å². The van der Waals surface area contributed by atoms with Crippen LogP contribution in [0.2, 0.25) is 0 Å². The van der Waals surface area contributed by atoms with Gasteiger partial charge in [0.25, 0.3) is 0 Å². The highest BCUT2D eigenvalue weighted by Gasteiger charge is 2.30. The van der Waals surface area contributed by atoms with Gasteiger partial charge in [0.2, 0.25) is 0 Å². The van der Waals surface area contributed by atoms with Crippen molar-refractivity contribution in [1.82, 2.24) is 5.32 Å². The Labute approximate surface area is 134 Å². The summed E-state index contributed by atoms with van der Waals surface area (Å²) in [5.41, 5.74) is 3.32. The minimum atomic E-state index is -4.33. The van der Waals surface area contributed by atoms with Gasteiger partial charge in [-0.05, 0) is 30.2 Å². The Bertz CT molecular complexity index is 729. The average molecular weight is 317 g/mol. The summed E-state index contributed by atoms with van der Waals surface area (Å²) in [7, 11) is 0. The van der Waals surface area contributed by atoms with Crippen molar-refractivity contribution in [2.24, 2.45) is 0 Å². The van der Waals surface area contributed by atoms with Crippen LogP contribution in [0.25, 0.3) is 11.3 Å². The first-order valence-electron chi connectivity index (χ1n) is 7.13. The van der Waals surface area contributed by atoms with Crippen LogP contribution in [-0.2, 0) is 12.7 Å². The summed E-state index contributed by atoms with van der Waals surface area (Å²) in [4.78, 5) is 0. The molecule has 0 heterocycles. The third kappa shape index (κ3) is 4.25. The SMILES string of the molecule is C=C(C)c1ccccc1C(=C)NCc1cccc(C(F)(F)F)c1. The van der Waals surface area contributed by atoms with E-state index in [1.165, 1.54) is 6.07 Å². The lowest BCUT2D eigenvalue weighted by Crippen LogP contribution is -2.13. The van der Waals surface area contributed by atoms with E-state index in [0.717, 1.165) is 28.8 Å². The molecule has 2 aromatic carbocycles. The van der Waals surface area contributed by atoms with Crippen LogP contribution in [0.15, 0.2) is 61.7 Å². The summed E-state index contributed by atoms with van der Waals surface area (Å²) < 4.78 is 38.2. The second-order valence-electron chi connectivity index (χ2n) is 5.36. The summed E-state index contributed by atoms with van der Waals surface area (Å²) in [6, 6.07) is 12.9. The molecule has 0 bridgehead atoms. The minimum Gasteiger partial charge on any atom is -0.381 e. The van der Waals surface area contributed by atoms with Crippen LogP contribution in [0.1, 0.15) is 29.2 Å². The number of hydrogen-bond acceptors (Lipinski definition) is 1. The second-order valence-corrected chi connectivity index (χ2v) is 5.36. The van der Waals surface area contributed by atoms with E-state index in [1.54, 1.807) is 6.07 Å². The highest BCUT2D eigenvalue weighted by atomic mass is 19.4. The predicted molar refractivity (Wildman–Crippen MR) is 88.5 cm³/mol. The third-order valence-corrected chi connectivity index (χ3v) is 3.47. The van der Waals surface area contributed by atoms with Crippen LogP contribution in [0.5, 0.6) is 0 Å². The van der Waals surface area contributed by atoms with Crippen molar-refractivity contribution in [2.75, 3.05) is 0 Å². The lowest BCUT2D eigenvalue weighted by Gasteiger charge is -2.15. The Hall–Kier alpha value is -2.49. The summed E-state index contributed by atoms with van der Waals surface area (Å²) in [6.07, 6.45) is -4.33. The van der Waals surface area contributed by atoms with E-state index >= 15 is 0 Å². The largest absolute Gasteiger partial charge is 0.416 e. The molecule has 0 fully saturated rings. The van der Waals surface area contributed by atoms with Crippen LogP contribution in [-0.4, -0.2) is 0 Å². The van der Waals surface area contributed by atoms with Crippen LogP contribution in [0.4, 0.5) is 13.2 Å². The first kappa shape index (κ1) is 16.9. The van der Waals surface area contributed by atoms with Crippen molar-refractivity contribution in [3.63, 3.8) is 0 Å². The zero-order valence-electron chi connectivity index (χ0n) is 12.9. The smallest absolute Gasteiger partial charge is 0.381 e. The van der Waals surface area contributed by atoms with Gasteiger partial charge in [-0.3, -0.25) is 0 Å². The second kappa shape index (κ2) is 6.73. The molecule has 0 saturated heterocycles. The van der Waals surface area contributed by atoms with E-state index in [9.17, 15) is 13.2 Å². The molecule has 23 heavy (non-hydrogen) atoms. The van der Waals surface area contributed by atoms with E-state index in [-0.39, 0.29) is 6.54 Å². The van der Waals surface area contributed by atoms with Gasteiger partial charge in [-0.25, -0.2) is 0 Å². The summed E-state index contributed by atoms with van der Waals surface area (Å²) in [6.45, 7) is 10.1. The van der Waals surface area contributed by atoms with E-state index in [1.807, 2.05) is 31.2 Å². The average Bonchev–Trinajstić information content (AvgIpc) is 2.52. The van der Waals surface area contributed by atoms with Gasteiger partial charge in [0.15, 0.2) is 0 Å². The molecule has 120 valence electrons. The molecule has 4 heteroatoms. The molecule has 1 N–H and O–H groups in total. The number of halogens is 3. The predicted octanol–water partition coefficient (Wildman–Crippen LogP) is 5.50. The number of allylic oxidation sites excluding steroid dienone is 1. The van der Waals surface area contributed by atoms with E-state index in [4.69, 9.17) is 0 Å². The normalized spacial score (nSPS) is 11.1. The maximum Gasteiger partial charge on any atom is 0.416 e. The Morgan fingerprint density at radius 2 is 1.65 bits per heavy atom. The summed E-state index contributed by atoms with van der Waals surface area (Å²) in [5.74, 6) is 0. The lowest BCUT2D eigenvalue weighted by atomic mass is 10.00. The Morgan fingerprint density at radius 3 is 2.26 bits per heavy atom. The molecule has 0 unspecified atom stereocenters. The van der Waals surface area contributed by atoms with Crippen LogP contribution in [0, 0.1) is 0 Å². The maximum atomic E-state index is 12.7. The monoisotopic (exact) mass is 317 g/mol. The zero-order valence-corrected chi connectivity index (χ0v) is 12.9. The highest BCUT2D eigenvalue weighted by Crippen LogP contribution is 2.29. The fraction of sp³-hybridized carbons (Fsp3) is 0.158. The summed E-state index contributed by atoms with van der Waals surface area (Å²) >= 11 is 0. The van der Waals surface area contributed by atoms with Gasteiger partial charge >= 0.3 is 6.18 Å². The van der Waals surface area contributed by atoms with Crippen molar-refractivity contribution in [3.05, 3.63) is 83.9 Å². The first-order valence-corrected chi connectivity index (χ1v) is 7.13. The van der Waals surface area contributed by atoms with Gasteiger partial charge in [0, 0.05) is 17.8 Å². The van der Waals surface area contributed by atoms with Crippen molar-refractivity contribution < 1.29 is 13.2 Å². The Kier molecular flexibility index (Phi) is 4.94. The minimum absolute atomic E-state index is 0.271. The van der Waals surface area contributed by atoms with Gasteiger partial charge in [0.05, 0.1) is 5.56 Å². The topological polar surface area (TPSA) is 12.0 Å². The van der Waals surface area contributed by atoms with Crippen molar-refractivity contribution in [2.45, 2.75) is 19.6 Å². The Balaban J connectivity index is 2.13. The molecule has 0 atom stereocenters. The molecule has 0 amide bonds. The van der Waals surface area contributed by atoms with Gasteiger partial charge < -0.3 is 5.32 Å². The van der Waals surface area contributed by atoms with Crippen LogP contribution < -0.4 is 5.32 Å². The molecule has 0 spiro atoms. The molecular formula is C19H18F3N. The van der Waals surface area contributed by atoms with E-state index in [0.29, 0.717) is 11.3 Å². The van der Waals surface area contributed by atoms with E-state index < -0.39 is 11.7 Å². The Morgan fingerprint density at radius 1 is 1.00 bits per heavy atom. The quantitative estimate of drug-likeness (QED) is 0.768. The number of rotatable bonds is 5. The van der Waals surface area contributed by atoms with Gasteiger partial charge in [-0.15, -0.1) is 0 Å². The number of hydrogen-bond donors (Lipinski definition) is 1. The number of alkyl halides is 3. The molecule has 2 aromatic rings. The highest BCUT2D eigenvalue weighted by molar-refractivity contribution is 5.76. The molecule has 0 aliphatic rings. The van der Waals surface area contributed by atoms with Crippen LogP contribution in [0.3, 0.4) is 0 Å². The zero-order chi connectivity index (χ0) is 17.0. The van der Waals surface area contributed by atoms with Crippen molar-refractivity contribution in [1.29, 1.82) is 0 Å². The molecule has 0 radical (unpaired) electrons. The summed E-state index contributed by atoms with van der Waals surface area (Å²) in [5, 5.41) is 3.09. The fourth-order valence-corrected chi connectivity index (χ4v) is 2.28. The third-order valence-electron chi connectivity index (χ3n) is 3.47. The molecule has 2 rings (SSSR count). The molecule has 0 aromatic heterocycles. The van der Waals surface area contributed by atoms with Gasteiger partial charge in [-0.2, -0.15) is 13.2 Å². The maximum absolute atomic E-state index is 12.7. The molecule has 1 nitrogen and oxygen atoms in total. The molecule has 0 saturated carbocycles. The van der Waals surface area contributed by atoms with Crippen molar-refractivity contribution in [3.8, 4) is 0 Å².